The van der Waals surface area contributed by atoms with E-state index in [0.717, 1.165) is 30.3 Å². The summed E-state index contributed by atoms with van der Waals surface area (Å²) in [7, 11) is 1.46. The van der Waals surface area contributed by atoms with Crippen LogP contribution in [0.5, 0.6) is 0 Å². The van der Waals surface area contributed by atoms with Crippen molar-refractivity contribution in [1.82, 2.24) is 9.88 Å². The van der Waals surface area contributed by atoms with E-state index in [1.54, 1.807) is 11.3 Å². The highest BCUT2D eigenvalue weighted by atomic mass is 32.1. The van der Waals surface area contributed by atoms with Crippen LogP contribution in [0, 0.1) is 18.8 Å². The van der Waals surface area contributed by atoms with Crippen molar-refractivity contribution in [1.29, 1.82) is 0 Å². The van der Waals surface area contributed by atoms with Gasteiger partial charge in [-0.2, -0.15) is 0 Å². The van der Waals surface area contributed by atoms with Crippen LogP contribution in [0.2, 0.25) is 0 Å². The van der Waals surface area contributed by atoms with Gasteiger partial charge >= 0.3 is 5.97 Å². The van der Waals surface area contributed by atoms with E-state index in [0.29, 0.717) is 5.92 Å². The summed E-state index contributed by atoms with van der Waals surface area (Å²) in [5.74, 6) is 0.288. The number of rotatable bonds is 3. The fraction of sp³-hybridized carbons (Fsp3) is 0.667. The summed E-state index contributed by atoms with van der Waals surface area (Å²) in [4.78, 5) is 18.3. The Balaban J connectivity index is 1.95. The van der Waals surface area contributed by atoms with Gasteiger partial charge in [0, 0.05) is 25.0 Å². The van der Waals surface area contributed by atoms with Crippen molar-refractivity contribution in [3.8, 4) is 0 Å². The van der Waals surface area contributed by atoms with Gasteiger partial charge < -0.3 is 4.74 Å². The van der Waals surface area contributed by atoms with Crippen molar-refractivity contribution in [3.63, 3.8) is 0 Å². The molecule has 0 radical (unpaired) electrons. The predicted octanol–water partition coefficient (Wildman–Crippen LogP) is 1.69. The molecule has 0 bridgehead atoms. The molecule has 0 aromatic carbocycles. The fourth-order valence-electron chi connectivity index (χ4n) is 2.36. The molecule has 2 atom stereocenters. The van der Waals surface area contributed by atoms with Crippen LogP contribution in [0.3, 0.4) is 0 Å². The summed E-state index contributed by atoms with van der Waals surface area (Å²) in [6.45, 7) is 6.68. The maximum absolute atomic E-state index is 11.6. The molecule has 1 aliphatic heterocycles. The monoisotopic (exact) mass is 254 g/mol. The SMILES string of the molecule is COC(=O)C1CN(Cc2csc(C)n2)CC1C. The fourth-order valence-corrected chi connectivity index (χ4v) is 2.97. The van der Waals surface area contributed by atoms with Gasteiger partial charge in [0.1, 0.15) is 0 Å². The Morgan fingerprint density at radius 3 is 3.00 bits per heavy atom. The van der Waals surface area contributed by atoms with Gasteiger partial charge in [-0.25, -0.2) is 4.98 Å². The number of carbonyl (C=O) groups is 1. The first-order chi connectivity index (χ1) is 8.10. The molecule has 4 nitrogen and oxygen atoms in total. The zero-order valence-corrected chi connectivity index (χ0v) is 11.3. The van der Waals surface area contributed by atoms with Gasteiger partial charge in [0.15, 0.2) is 0 Å². The molecule has 17 heavy (non-hydrogen) atoms. The first-order valence-electron chi connectivity index (χ1n) is 5.81. The molecular weight excluding hydrogens is 236 g/mol. The third-order valence-corrected chi connectivity index (χ3v) is 4.07. The first kappa shape index (κ1) is 12.5. The largest absolute Gasteiger partial charge is 0.469 e. The van der Waals surface area contributed by atoms with Crippen molar-refractivity contribution >= 4 is 17.3 Å². The second kappa shape index (κ2) is 5.14. The van der Waals surface area contributed by atoms with Crippen molar-refractivity contribution in [2.45, 2.75) is 20.4 Å². The van der Waals surface area contributed by atoms with E-state index in [4.69, 9.17) is 4.74 Å². The van der Waals surface area contributed by atoms with E-state index < -0.39 is 0 Å². The van der Waals surface area contributed by atoms with E-state index in [2.05, 4.69) is 22.2 Å². The summed E-state index contributed by atoms with van der Waals surface area (Å²) < 4.78 is 4.83. The first-order valence-corrected chi connectivity index (χ1v) is 6.69. The molecule has 0 aliphatic carbocycles. The highest BCUT2D eigenvalue weighted by Gasteiger charge is 2.35. The maximum atomic E-state index is 11.6. The molecule has 1 fully saturated rings. The van der Waals surface area contributed by atoms with Crippen LogP contribution in [-0.4, -0.2) is 36.1 Å². The van der Waals surface area contributed by atoms with Crippen LogP contribution < -0.4 is 0 Å². The molecule has 2 unspecified atom stereocenters. The zero-order chi connectivity index (χ0) is 12.4. The van der Waals surface area contributed by atoms with Crippen molar-refractivity contribution in [2.24, 2.45) is 11.8 Å². The lowest BCUT2D eigenvalue weighted by molar-refractivity contribution is -0.146. The maximum Gasteiger partial charge on any atom is 0.310 e. The highest BCUT2D eigenvalue weighted by Crippen LogP contribution is 2.25. The molecule has 1 saturated heterocycles. The molecule has 0 saturated carbocycles. The van der Waals surface area contributed by atoms with Gasteiger partial charge in [-0.15, -0.1) is 11.3 Å². The van der Waals surface area contributed by atoms with Gasteiger partial charge in [-0.1, -0.05) is 6.92 Å². The van der Waals surface area contributed by atoms with Gasteiger partial charge in [0.2, 0.25) is 0 Å². The lowest BCUT2D eigenvalue weighted by Gasteiger charge is -2.13. The molecule has 1 aromatic rings. The van der Waals surface area contributed by atoms with Crippen molar-refractivity contribution in [2.75, 3.05) is 20.2 Å². The number of thiazole rings is 1. The smallest absolute Gasteiger partial charge is 0.310 e. The third kappa shape index (κ3) is 2.84. The minimum atomic E-state index is -0.0885. The number of carbonyl (C=O) groups excluding carboxylic acids is 1. The van der Waals surface area contributed by atoms with E-state index in [1.807, 2.05) is 6.92 Å². The van der Waals surface area contributed by atoms with Gasteiger partial charge in [0.05, 0.1) is 23.7 Å². The number of esters is 1. The summed E-state index contributed by atoms with van der Waals surface area (Å²) >= 11 is 1.67. The highest BCUT2D eigenvalue weighted by molar-refractivity contribution is 7.09. The lowest BCUT2D eigenvalue weighted by atomic mass is 9.99. The summed E-state index contributed by atoms with van der Waals surface area (Å²) in [5.41, 5.74) is 1.10. The van der Waals surface area contributed by atoms with Gasteiger partial charge in [0.25, 0.3) is 0 Å². The average molecular weight is 254 g/mol. The van der Waals surface area contributed by atoms with Crippen molar-refractivity contribution < 1.29 is 9.53 Å². The van der Waals surface area contributed by atoms with Gasteiger partial charge in [-0.05, 0) is 12.8 Å². The van der Waals surface area contributed by atoms with Crippen LogP contribution in [0.25, 0.3) is 0 Å². The molecule has 1 aliphatic rings. The number of aromatic nitrogens is 1. The van der Waals surface area contributed by atoms with Crippen LogP contribution in [0.4, 0.5) is 0 Å². The summed E-state index contributed by atoms with van der Waals surface area (Å²) in [5, 5.41) is 3.18. The Hall–Kier alpha value is -0.940. The van der Waals surface area contributed by atoms with Crippen molar-refractivity contribution in [3.05, 3.63) is 16.1 Å². The van der Waals surface area contributed by atoms with Crippen LogP contribution in [-0.2, 0) is 16.1 Å². The van der Waals surface area contributed by atoms with Crippen LogP contribution >= 0.6 is 11.3 Å². The molecule has 0 spiro atoms. The predicted molar refractivity (Wildman–Crippen MR) is 66.8 cm³/mol. The molecule has 0 N–H and O–H groups in total. The molecule has 2 rings (SSSR count). The number of hydrogen-bond acceptors (Lipinski definition) is 5. The van der Waals surface area contributed by atoms with E-state index >= 15 is 0 Å². The number of ether oxygens (including phenoxy) is 1. The summed E-state index contributed by atoms with van der Waals surface area (Å²) in [6, 6.07) is 0. The summed E-state index contributed by atoms with van der Waals surface area (Å²) in [6.07, 6.45) is 0. The molecule has 94 valence electrons. The number of methoxy groups -OCH3 is 1. The molecular formula is C12H18N2O2S. The Labute approximate surface area is 106 Å². The zero-order valence-electron chi connectivity index (χ0n) is 10.5. The van der Waals surface area contributed by atoms with Crippen LogP contribution in [0.15, 0.2) is 5.38 Å². The Bertz CT molecular complexity index is 405. The average Bonchev–Trinajstić information content (AvgIpc) is 2.85. The Morgan fingerprint density at radius 2 is 2.41 bits per heavy atom. The molecule has 2 heterocycles. The molecule has 5 heteroatoms. The van der Waals surface area contributed by atoms with Crippen LogP contribution in [0.1, 0.15) is 17.6 Å². The normalized spacial score (nSPS) is 25.1. The number of nitrogens with zero attached hydrogens (tertiary/aromatic N) is 2. The molecule has 0 amide bonds. The molecule has 1 aromatic heterocycles. The quantitative estimate of drug-likeness (QED) is 0.770. The second-order valence-electron chi connectivity index (χ2n) is 4.66. The number of hydrogen-bond donors (Lipinski definition) is 0. The van der Waals surface area contributed by atoms with E-state index in [9.17, 15) is 4.79 Å². The van der Waals surface area contributed by atoms with E-state index in [-0.39, 0.29) is 11.9 Å². The number of likely N-dealkylation sites (tertiary alicyclic amines) is 1. The Kier molecular flexibility index (Phi) is 3.79. The topological polar surface area (TPSA) is 42.4 Å². The van der Waals surface area contributed by atoms with Gasteiger partial charge in [-0.3, -0.25) is 9.69 Å². The minimum Gasteiger partial charge on any atom is -0.469 e. The number of aryl methyl sites for hydroxylation is 1. The minimum absolute atomic E-state index is 0.0136. The second-order valence-corrected chi connectivity index (χ2v) is 5.72. The third-order valence-electron chi connectivity index (χ3n) is 3.24. The standard InChI is InChI=1S/C12H18N2O2S/c1-8-4-14(6-11(8)12(15)16-3)5-10-7-17-9(2)13-10/h7-8,11H,4-6H2,1-3H3. The Morgan fingerprint density at radius 1 is 1.65 bits per heavy atom. The van der Waals surface area contributed by atoms with E-state index in [1.165, 1.54) is 7.11 Å². The lowest BCUT2D eigenvalue weighted by Crippen LogP contribution is -2.24.